The molecule has 1 unspecified atom stereocenters. The van der Waals surface area contributed by atoms with Crippen LogP contribution in [-0.4, -0.2) is 18.5 Å². The minimum Gasteiger partial charge on any atom is -0.399 e. The second kappa shape index (κ2) is 8.46. The van der Waals surface area contributed by atoms with Crippen LogP contribution < -0.4 is 16.4 Å². The Bertz CT molecular complexity index is 432. The van der Waals surface area contributed by atoms with Crippen LogP contribution in [0.2, 0.25) is 0 Å². The summed E-state index contributed by atoms with van der Waals surface area (Å²) >= 11 is 0. The standard InChI is InChI=1S/C16H27N3O/c1-4-6-7-8-12(3)19-15-11-13(17)9-10-14(15)16(20)18-5-2/h9-12,19H,4-8,17H2,1-3H3,(H,18,20). The summed E-state index contributed by atoms with van der Waals surface area (Å²) in [7, 11) is 0. The second-order valence-corrected chi connectivity index (χ2v) is 5.21. The molecule has 0 saturated carbocycles. The zero-order valence-corrected chi connectivity index (χ0v) is 12.8. The molecular formula is C16H27N3O. The van der Waals surface area contributed by atoms with E-state index in [2.05, 4.69) is 24.5 Å². The maximum Gasteiger partial charge on any atom is 0.253 e. The molecule has 1 aromatic carbocycles. The van der Waals surface area contributed by atoms with Gasteiger partial charge in [0.25, 0.3) is 5.91 Å². The third-order valence-electron chi connectivity index (χ3n) is 3.27. The van der Waals surface area contributed by atoms with Crippen LogP contribution in [-0.2, 0) is 0 Å². The van der Waals surface area contributed by atoms with Crippen molar-refractivity contribution in [1.29, 1.82) is 0 Å². The van der Waals surface area contributed by atoms with E-state index in [4.69, 9.17) is 5.73 Å². The minimum absolute atomic E-state index is 0.0595. The molecule has 112 valence electrons. The van der Waals surface area contributed by atoms with Gasteiger partial charge in [0.05, 0.1) is 5.56 Å². The molecule has 0 heterocycles. The van der Waals surface area contributed by atoms with E-state index in [1.807, 2.05) is 13.0 Å². The van der Waals surface area contributed by atoms with Gasteiger partial charge in [-0.1, -0.05) is 26.2 Å². The summed E-state index contributed by atoms with van der Waals surface area (Å²) in [6.45, 7) is 6.87. The van der Waals surface area contributed by atoms with Crippen molar-refractivity contribution in [2.75, 3.05) is 17.6 Å². The molecule has 0 bridgehead atoms. The van der Waals surface area contributed by atoms with E-state index in [1.54, 1.807) is 12.1 Å². The van der Waals surface area contributed by atoms with Crippen molar-refractivity contribution < 1.29 is 4.79 Å². The van der Waals surface area contributed by atoms with Gasteiger partial charge in [-0.2, -0.15) is 0 Å². The van der Waals surface area contributed by atoms with Gasteiger partial charge < -0.3 is 16.4 Å². The fraction of sp³-hybridized carbons (Fsp3) is 0.562. The van der Waals surface area contributed by atoms with Gasteiger partial charge >= 0.3 is 0 Å². The van der Waals surface area contributed by atoms with E-state index in [1.165, 1.54) is 19.3 Å². The van der Waals surface area contributed by atoms with Gasteiger partial charge in [0, 0.05) is 24.0 Å². The molecule has 1 aromatic rings. The van der Waals surface area contributed by atoms with Crippen LogP contribution in [0.5, 0.6) is 0 Å². The van der Waals surface area contributed by atoms with Crippen molar-refractivity contribution in [2.45, 2.75) is 52.5 Å². The number of nitrogens with one attached hydrogen (secondary N) is 2. The quantitative estimate of drug-likeness (QED) is 0.504. The van der Waals surface area contributed by atoms with E-state index in [9.17, 15) is 4.79 Å². The molecule has 4 nitrogen and oxygen atoms in total. The number of unbranched alkanes of at least 4 members (excludes halogenated alkanes) is 2. The molecular weight excluding hydrogens is 250 g/mol. The minimum atomic E-state index is -0.0595. The second-order valence-electron chi connectivity index (χ2n) is 5.21. The highest BCUT2D eigenvalue weighted by Crippen LogP contribution is 2.21. The summed E-state index contributed by atoms with van der Waals surface area (Å²) in [5.41, 5.74) is 7.97. The monoisotopic (exact) mass is 277 g/mol. The number of carbonyl (C=O) groups is 1. The number of amides is 1. The zero-order valence-electron chi connectivity index (χ0n) is 12.8. The number of hydrogen-bond donors (Lipinski definition) is 3. The molecule has 0 aliphatic rings. The fourth-order valence-corrected chi connectivity index (χ4v) is 2.17. The van der Waals surface area contributed by atoms with Crippen LogP contribution in [0.15, 0.2) is 18.2 Å². The van der Waals surface area contributed by atoms with E-state index in [0.29, 0.717) is 23.8 Å². The maximum absolute atomic E-state index is 12.0. The fourth-order valence-electron chi connectivity index (χ4n) is 2.17. The number of anilines is 2. The summed E-state index contributed by atoms with van der Waals surface area (Å²) in [6.07, 6.45) is 4.75. The largest absolute Gasteiger partial charge is 0.399 e. The lowest BCUT2D eigenvalue weighted by Gasteiger charge is -2.18. The molecule has 0 radical (unpaired) electrons. The third kappa shape index (κ3) is 5.11. The first kappa shape index (κ1) is 16.3. The molecule has 20 heavy (non-hydrogen) atoms. The Morgan fingerprint density at radius 2 is 2.05 bits per heavy atom. The van der Waals surface area contributed by atoms with E-state index in [-0.39, 0.29) is 5.91 Å². The van der Waals surface area contributed by atoms with Crippen LogP contribution in [0.4, 0.5) is 11.4 Å². The summed E-state index contributed by atoms with van der Waals surface area (Å²) in [4.78, 5) is 12.0. The van der Waals surface area contributed by atoms with Gasteiger partial charge in [-0.25, -0.2) is 0 Å². The first-order valence-corrected chi connectivity index (χ1v) is 7.52. The highest BCUT2D eigenvalue weighted by Gasteiger charge is 2.12. The average molecular weight is 277 g/mol. The van der Waals surface area contributed by atoms with Crippen molar-refractivity contribution in [2.24, 2.45) is 0 Å². The lowest BCUT2D eigenvalue weighted by atomic mass is 10.1. The van der Waals surface area contributed by atoms with Crippen molar-refractivity contribution in [3.05, 3.63) is 23.8 Å². The Kier molecular flexibility index (Phi) is 6.91. The number of carbonyl (C=O) groups excluding carboxylic acids is 1. The zero-order chi connectivity index (χ0) is 15.0. The van der Waals surface area contributed by atoms with Crippen LogP contribution in [0.25, 0.3) is 0 Å². The van der Waals surface area contributed by atoms with Crippen molar-refractivity contribution in [3.63, 3.8) is 0 Å². The van der Waals surface area contributed by atoms with E-state index < -0.39 is 0 Å². The maximum atomic E-state index is 12.0. The Morgan fingerprint density at radius 1 is 1.30 bits per heavy atom. The Morgan fingerprint density at radius 3 is 2.70 bits per heavy atom. The highest BCUT2D eigenvalue weighted by molar-refractivity contribution is 6.00. The van der Waals surface area contributed by atoms with Gasteiger partial charge in [-0.15, -0.1) is 0 Å². The van der Waals surface area contributed by atoms with Gasteiger partial charge in [0.1, 0.15) is 0 Å². The summed E-state index contributed by atoms with van der Waals surface area (Å²) in [6, 6.07) is 5.70. The molecule has 0 aliphatic carbocycles. The average Bonchev–Trinajstić information content (AvgIpc) is 2.39. The Balaban J connectivity index is 2.76. The first-order valence-electron chi connectivity index (χ1n) is 7.52. The predicted molar refractivity (Wildman–Crippen MR) is 86.1 cm³/mol. The number of nitrogens with two attached hydrogens (primary N) is 1. The van der Waals surface area contributed by atoms with Gasteiger partial charge in [0.15, 0.2) is 0 Å². The third-order valence-corrected chi connectivity index (χ3v) is 3.27. The predicted octanol–water partition coefficient (Wildman–Crippen LogP) is 3.40. The summed E-state index contributed by atoms with van der Waals surface area (Å²) in [5.74, 6) is -0.0595. The molecule has 4 heteroatoms. The molecule has 0 saturated heterocycles. The van der Waals surface area contributed by atoms with Crippen molar-refractivity contribution >= 4 is 17.3 Å². The first-order chi connectivity index (χ1) is 9.58. The lowest BCUT2D eigenvalue weighted by Crippen LogP contribution is -2.25. The molecule has 0 aliphatic heterocycles. The van der Waals surface area contributed by atoms with Crippen molar-refractivity contribution in [1.82, 2.24) is 5.32 Å². The van der Waals surface area contributed by atoms with Gasteiger partial charge in [-0.05, 0) is 38.5 Å². The molecule has 1 amide bonds. The Hall–Kier alpha value is -1.71. The number of nitrogen functional groups attached to an aromatic ring is 1. The van der Waals surface area contributed by atoms with E-state index >= 15 is 0 Å². The molecule has 0 fully saturated rings. The van der Waals surface area contributed by atoms with Crippen molar-refractivity contribution in [3.8, 4) is 0 Å². The molecule has 0 spiro atoms. The van der Waals surface area contributed by atoms with Gasteiger partial charge in [0.2, 0.25) is 0 Å². The summed E-state index contributed by atoms with van der Waals surface area (Å²) < 4.78 is 0. The summed E-state index contributed by atoms with van der Waals surface area (Å²) in [5, 5.41) is 6.24. The topological polar surface area (TPSA) is 67.1 Å². The molecule has 1 atom stereocenters. The van der Waals surface area contributed by atoms with E-state index in [0.717, 1.165) is 12.1 Å². The molecule has 0 aromatic heterocycles. The number of rotatable bonds is 8. The van der Waals surface area contributed by atoms with Gasteiger partial charge in [-0.3, -0.25) is 4.79 Å². The van der Waals surface area contributed by atoms with Crippen LogP contribution in [0.1, 0.15) is 56.8 Å². The number of benzene rings is 1. The number of hydrogen-bond acceptors (Lipinski definition) is 3. The normalized spacial score (nSPS) is 11.9. The SMILES string of the molecule is CCCCCC(C)Nc1cc(N)ccc1C(=O)NCC. The van der Waals surface area contributed by atoms with Crippen LogP contribution in [0, 0.1) is 0 Å². The lowest BCUT2D eigenvalue weighted by molar-refractivity contribution is 0.0956. The Labute approximate surface area is 122 Å². The van der Waals surface area contributed by atoms with Crippen LogP contribution in [0.3, 0.4) is 0 Å². The smallest absolute Gasteiger partial charge is 0.253 e. The molecule has 1 rings (SSSR count). The molecule has 4 N–H and O–H groups in total. The highest BCUT2D eigenvalue weighted by atomic mass is 16.1. The van der Waals surface area contributed by atoms with Crippen LogP contribution >= 0.6 is 0 Å².